The first kappa shape index (κ1) is 13.5. The van der Waals surface area contributed by atoms with Crippen LogP contribution >= 0.6 is 15.9 Å². The van der Waals surface area contributed by atoms with E-state index in [0.717, 1.165) is 15.4 Å². The first-order chi connectivity index (χ1) is 10.1. The molecule has 0 spiro atoms. The second-order valence-corrected chi connectivity index (χ2v) is 5.27. The predicted octanol–water partition coefficient (Wildman–Crippen LogP) is 2.49. The largest absolute Gasteiger partial charge is 0.481 e. The molecule has 8 heteroatoms. The third-order valence-electron chi connectivity index (χ3n) is 2.82. The molecular weight excluding hydrogens is 338 g/mol. The highest BCUT2D eigenvalue weighted by Crippen LogP contribution is 2.24. The Labute approximate surface area is 127 Å². The smallest absolute Gasteiger partial charge is 0.309 e. The molecule has 0 aliphatic heterocycles. The molecule has 0 bridgehead atoms. The van der Waals surface area contributed by atoms with Gasteiger partial charge in [0.15, 0.2) is 5.82 Å². The summed E-state index contributed by atoms with van der Waals surface area (Å²) in [6.07, 6.45) is 1.36. The number of anilines is 2. The number of hydrogen-bond donors (Lipinski definition) is 3. The normalized spacial score (nSPS) is 10.7. The highest BCUT2D eigenvalue weighted by molar-refractivity contribution is 9.10. The number of fused-ring (bicyclic) bond motifs is 1. The van der Waals surface area contributed by atoms with E-state index in [9.17, 15) is 4.79 Å². The molecule has 3 aromatic rings. The molecule has 0 saturated heterocycles. The summed E-state index contributed by atoms with van der Waals surface area (Å²) >= 11 is 3.40. The van der Waals surface area contributed by atoms with Crippen LogP contribution < -0.4 is 5.32 Å². The lowest BCUT2D eigenvalue weighted by Gasteiger charge is -2.05. The Morgan fingerprint density at radius 1 is 1.33 bits per heavy atom. The number of aromatic nitrogens is 4. The molecule has 0 unspecified atom stereocenters. The number of carboxylic acids is 1. The summed E-state index contributed by atoms with van der Waals surface area (Å²) in [5, 5.41) is 19.3. The van der Waals surface area contributed by atoms with Gasteiger partial charge in [-0.05, 0) is 18.2 Å². The Bertz CT molecular complexity index is 817. The molecule has 2 heterocycles. The molecule has 106 valence electrons. The third kappa shape index (κ3) is 3.00. The van der Waals surface area contributed by atoms with Crippen molar-refractivity contribution in [3.05, 3.63) is 40.8 Å². The van der Waals surface area contributed by atoms with Crippen molar-refractivity contribution in [3.63, 3.8) is 0 Å². The van der Waals surface area contributed by atoms with Gasteiger partial charge in [0, 0.05) is 21.6 Å². The Hall–Kier alpha value is -2.48. The molecule has 0 saturated carbocycles. The number of halogens is 1. The summed E-state index contributed by atoms with van der Waals surface area (Å²) in [7, 11) is 0. The molecule has 0 aliphatic rings. The highest BCUT2D eigenvalue weighted by Gasteiger charge is 2.08. The van der Waals surface area contributed by atoms with Crippen LogP contribution in [0.25, 0.3) is 10.9 Å². The summed E-state index contributed by atoms with van der Waals surface area (Å²) in [5.74, 6) is 0.206. The van der Waals surface area contributed by atoms with E-state index in [1.54, 1.807) is 6.07 Å². The van der Waals surface area contributed by atoms with Gasteiger partial charge in [0.1, 0.15) is 12.1 Å². The summed E-state index contributed by atoms with van der Waals surface area (Å²) in [6.45, 7) is 0. The van der Waals surface area contributed by atoms with Crippen LogP contribution in [0.2, 0.25) is 0 Å². The van der Waals surface area contributed by atoms with Crippen LogP contribution in [0.1, 0.15) is 5.69 Å². The summed E-state index contributed by atoms with van der Waals surface area (Å²) in [6, 6.07) is 7.33. The van der Waals surface area contributed by atoms with E-state index in [-0.39, 0.29) is 6.42 Å². The molecule has 0 fully saturated rings. The topological polar surface area (TPSA) is 104 Å². The minimum Gasteiger partial charge on any atom is -0.481 e. The van der Waals surface area contributed by atoms with Gasteiger partial charge >= 0.3 is 5.97 Å². The van der Waals surface area contributed by atoms with Gasteiger partial charge in [-0.2, -0.15) is 5.10 Å². The molecule has 0 aliphatic carbocycles. The second-order valence-electron chi connectivity index (χ2n) is 4.36. The molecule has 7 nitrogen and oxygen atoms in total. The van der Waals surface area contributed by atoms with Gasteiger partial charge in [0.05, 0.1) is 11.9 Å². The van der Waals surface area contributed by atoms with Gasteiger partial charge < -0.3 is 10.4 Å². The van der Waals surface area contributed by atoms with Crippen molar-refractivity contribution in [1.29, 1.82) is 0 Å². The van der Waals surface area contributed by atoms with E-state index in [1.807, 2.05) is 18.2 Å². The van der Waals surface area contributed by atoms with E-state index in [0.29, 0.717) is 17.3 Å². The zero-order chi connectivity index (χ0) is 14.8. The van der Waals surface area contributed by atoms with Gasteiger partial charge in [-0.1, -0.05) is 15.9 Å². The lowest BCUT2D eigenvalue weighted by atomic mass is 10.2. The quantitative estimate of drug-likeness (QED) is 0.669. The van der Waals surface area contributed by atoms with Crippen LogP contribution in [0.15, 0.2) is 35.1 Å². The molecule has 0 atom stereocenters. The average molecular weight is 348 g/mol. The molecular formula is C13H10BrN5O2. The molecule has 3 rings (SSSR count). The minimum atomic E-state index is -0.914. The van der Waals surface area contributed by atoms with Crippen LogP contribution in [-0.2, 0) is 11.2 Å². The lowest BCUT2D eigenvalue weighted by molar-refractivity contribution is -0.136. The number of benzene rings is 1. The maximum Gasteiger partial charge on any atom is 0.309 e. The standard InChI is InChI=1S/C13H10BrN5O2/c14-7-1-2-9-10(3-7)15-6-16-13(9)17-11-4-8(18-19-11)5-12(20)21/h1-4,6H,5H2,(H,20,21)(H2,15,16,17,18,19). The number of aromatic amines is 1. The summed E-state index contributed by atoms with van der Waals surface area (Å²) in [5.41, 5.74) is 1.31. The molecule has 21 heavy (non-hydrogen) atoms. The van der Waals surface area contributed by atoms with Crippen LogP contribution in [0.4, 0.5) is 11.6 Å². The first-order valence-corrected chi connectivity index (χ1v) is 6.84. The molecule has 3 N–H and O–H groups in total. The Morgan fingerprint density at radius 2 is 2.19 bits per heavy atom. The van der Waals surface area contributed by atoms with Gasteiger partial charge in [0.25, 0.3) is 0 Å². The van der Waals surface area contributed by atoms with Crippen LogP contribution in [-0.4, -0.2) is 31.2 Å². The van der Waals surface area contributed by atoms with Crippen molar-refractivity contribution < 1.29 is 9.90 Å². The number of nitrogens with one attached hydrogen (secondary N) is 2. The van der Waals surface area contributed by atoms with Crippen LogP contribution in [0.5, 0.6) is 0 Å². The fraction of sp³-hybridized carbons (Fsp3) is 0.0769. The molecule has 0 amide bonds. The molecule has 0 radical (unpaired) electrons. The van der Waals surface area contributed by atoms with E-state index in [2.05, 4.69) is 41.4 Å². The zero-order valence-electron chi connectivity index (χ0n) is 10.7. The van der Waals surface area contributed by atoms with Gasteiger partial charge in [-0.3, -0.25) is 9.89 Å². The SMILES string of the molecule is O=C(O)Cc1cc(Nc2ncnc3cc(Br)ccc23)n[nH]1. The number of nitrogens with zero attached hydrogens (tertiary/aromatic N) is 3. The Morgan fingerprint density at radius 3 is 3.00 bits per heavy atom. The van der Waals surface area contributed by atoms with Crippen molar-refractivity contribution in [2.75, 3.05) is 5.32 Å². The highest BCUT2D eigenvalue weighted by atomic mass is 79.9. The second kappa shape index (κ2) is 5.49. The van der Waals surface area contributed by atoms with E-state index in [4.69, 9.17) is 5.11 Å². The number of hydrogen-bond acceptors (Lipinski definition) is 5. The Kier molecular flexibility index (Phi) is 3.53. The van der Waals surface area contributed by atoms with Gasteiger partial charge in [-0.25, -0.2) is 9.97 Å². The number of rotatable bonds is 4. The lowest BCUT2D eigenvalue weighted by Crippen LogP contribution is -1.99. The molecule has 2 aromatic heterocycles. The van der Waals surface area contributed by atoms with Crippen molar-refractivity contribution in [3.8, 4) is 0 Å². The van der Waals surface area contributed by atoms with E-state index >= 15 is 0 Å². The average Bonchev–Trinajstić information content (AvgIpc) is 2.85. The van der Waals surface area contributed by atoms with Crippen molar-refractivity contribution >= 4 is 44.4 Å². The fourth-order valence-corrected chi connectivity index (χ4v) is 2.28. The van der Waals surface area contributed by atoms with Crippen molar-refractivity contribution in [2.45, 2.75) is 6.42 Å². The zero-order valence-corrected chi connectivity index (χ0v) is 12.3. The summed E-state index contributed by atoms with van der Waals surface area (Å²) in [4.78, 5) is 19.0. The van der Waals surface area contributed by atoms with Gasteiger partial charge in [0.2, 0.25) is 0 Å². The Balaban J connectivity index is 1.91. The fourth-order valence-electron chi connectivity index (χ4n) is 1.93. The van der Waals surface area contributed by atoms with Crippen LogP contribution in [0.3, 0.4) is 0 Å². The monoisotopic (exact) mass is 347 g/mol. The first-order valence-electron chi connectivity index (χ1n) is 6.05. The maximum absolute atomic E-state index is 10.6. The molecule has 1 aromatic carbocycles. The van der Waals surface area contributed by atoms with Crippen LogP contribution in [0, 0.1) is 0 Å². The predicted molar refractivity (Wildman–Crippen MR) is 80.4 cm³/mol. The maximum atomic E-state index is 10.6. The van der Waals surface area contributed by atoms with Crippen molar-refractivity contribution in [2.24, 2.45) is 0 Å². The van der Waals surface area contributed by atoms with Gasteiger partial charge in [-0.15, -0.1) is 0 Å². The van der Waals surface area contributed by atoms with Crippen molar-refractivity contribution in [1.82, 2.24) is 20.2 Å². The van der Waals surface area contributed by atoms with E-state index in [1.165, 1.54) is 6.33 Å². The summed E-state index contributed by atoms with van der Waals surface area (Å²) < 4.78 is 0.933. The third-order valence-corrected chi connectivity index (χ3v) is 3.31. The minimum absolute atomic E-state index is 0.105. The number of carbonyl (C=O) groups is 1. The number of aliphatic carboxylic acids is 1. The number of H-pyrrole nitrogens is 1. The van der Waals surface area contributed by atoms with E-state index < -0.39 is 5.97 Å². The number of carboxylic acid groups (broad SMARTS) is 1.